The van der Waals surface area contributed by atoms with E-state index in [1.807, 2.05) is 36.4 Å². The van der Waals surface area contributed by atoms with Crippen molar-refractivity contribution < 1.29 is 4.79 Å². The van der Waals surface area contributed by atoms with Crippen LogP contribution in [0.5, 0.6) is 0 Å². The largest absolute Gasteiger partial charge is 0.283 e. The zero-order chi connectivity index (χ0) is 21.1. The quantitative estimate of drug-likeness (QED) is 0.322. The first-order chi connectivity index (χ1) is 14.5. The van der Waals surface area contributed by atoms with E-state index in [2.05, 4.69) is 31.0 Å². The second kappa shape index (κ2) is 9.16. The number of hydrogen-bond acceptors (Lipinski definition) is 5. The molecular formula is C23H20ClN3OS2. The number of aromatic nitrogens is 2. The van der Waals surface area contributed by atoms with Gasteiger partial charge in [0.1, 0.15) is 0 Å². The Balaban J connectivity index is 1.62. The van der Waals surface area contributed by atoms with Crippen molar-refractivity contribution in [2.75, 3.05) is 10.7 Å². The summed E-state index contributed by atoms with van der Waals surface area (Å²) in [7, 11) is 0. The third-order valence-electron chi connectivity index (χ3n) is 4.76. The highest BCUT2D eigenvalue weighted by atomic mass is 35.5. The topological polar surface area (TPSA) is 46.1 Å². The van der Waals surface area contributed by atoms with Gasteiger partial charge in [-0.25, -0.2) is 4.98 Å². The zero-order valence-corrected chi connectivity index (χ0v) is 19.0. The van der Waals surface area contributed by atoms with E-state index in [9.17, 15) is 4.79 Å². The number of halogens is 1. The molecule has 152 valence electrons. The van der Waals surface area contributed by atoms with Crippen LogP contribution >= 0.6 is 34.7 Å². The lowest BCUT2D eigenvalue weighted by Crippen LogP contribution is -2.31. The molecule has 4 nitrogen and oxygen atoms in total. The van der Waals surface area contributed by atoms with Crippen LogP contribution in [0.25, 0.3) is 10.2 Å². The smallest absolute Gasteiger partial charge is 0.239 e. The number of aryl methyl sites for hydroxylation is 2. The molecule has 2 aromatic heterocycles. The minimum Gasteiger partial charge on any atom is -0.283 e. The maximum atomic E-state index is 13.2. The highest BCUT2D eigenvalue weighted by molar-refractivity contribution is 8.00. The second-order valence-electron chi connectivity index (χ2n) is 6.98. The van der Waals surface area contributed by atoms with Gasteiger partial charge < -0.3 is 0 Å². The van der Waals surface area contributed by atoms with Gasteiger partial charge in [-0.15, -0.1) is 11.8 Å². The second-order valence-corrected chi connectivity index (χ2v) is 9.48. The van der Waals surface area contributed by atoms with E-state index in [4.69, 9.17) is 16.6 Å². The lowest BCUT2D eigenvalue weighted by atomic mass is 10.1. The van der Waals surface area contributed by atoms with Crippen LogP contribution in [0, 0.1) is 13.8 Å². The molecule has 30 heavy (non-hydrogen) atoms. The van der Waals surface area contributed by atoms with Crippen molar-refractivity contribution in [2.45, 2.75) is 25.3 Å². The van der Waals surface area contributed by atoms with Gasteiger partial charge in [0.05, 0.1) is 22.5 Å². The van der Waals surface area contributed by atoms with Gasteiger partial charge in [-0.1, -0.05) is 29.0 Å². The van der Waals surface area contributed by atoms with Crippen LogP contribution in [0.3, 0.4) is 0 Å². The van der Waals surface area contributed by atoms with E-state index >= 15 is 0 Å². The standard InChI is InChI=1S/C23H20ClN3OS2/c1-15-10-20-21(11-16(15)2)30-23(26-20)27(13-17-4-3-9-25-12-17)22(28)14-29-19-7-5-18(24)6-8-19/h3-12H,13-14H2,1-2H3. The summed E-state index contributed by atoms with van der Waals surface area (Å²) in [5, 5.41) is 1.39. The minimum absolute atomic E-state index is 0.00584. The first-order valence-electron chi connectivity index (χ1n) is 9.45. The van der Waals surface area contributed by atoms with Crippen molar-refractivity contribution in [2.24, 2.45) is 0 Å². The normalized spacial score (nSPS) is 11.0. The summed E-state index contributed by atoms with van der Waals surface area (Å²) in [6.07, 6.45) is 3.52. The molecule has 0 fully saturated rings. The molecule has 0 N–H and O–H groups in total. The molecule has 0 spiro atoms. The molecule has 0 unspecified atom stereocenters. The molecule has 4 rings (SSSR count). The molecule has 0 saturated heterocycles. The summed E-state index contributed by atoms with van der Waals surface area (Å²) in [5.41, 5.74) is 4.31. The molecule has 7 heteroatoms. The summed E-state index contributed by atoms with van der Waals surface area (Å²) in [4.78, 5) is 24.9. The predicted molar refractivity (Wildman–Crippen MR) is 127 cm³/mol. The Bertz CT molecular complexity index is 1140. The summed E-state index contributed by atoms with van der Waals surface area (Å²) < 4.78 is 1.09. The van der Waals surface area contributed by atoms with Crippen LogP contribution in [-0.4, -0.2) is 21.6 Å². The fourth-order valence-electron chi connectivity index (χ4n) is 2.97. The number of anilines is 1. The van der Waals surface area contributed by atoms with Crippen LogP contribution in [0.15, 0.2) is 65.8 Å². The molecule has 0 radical (unpaired) electrons. The number of thioether (sulfide) groups is 1. The van der Waals surface area contributed by atoms with Crippen molar-refractivity contribution in [3.8, 4) is 0 Å². The molecule has 2 aromatic carbocycles. The molecule has 0 aliphatic heterocycles. The highest BCUT2D eigenvalue weighted by Gasteiger charge is 2.21. The summed E-state index contributed by atoms with van der Waals surface area (Å²) in [5.74, 6) is 0.321. The zero-order valence-electron chi connectivity index (χ0n) is 16.6. The average molecular weight is 454 g/mol. The number of pyridine rings is 1. The summed E-state index contributed by atoms with van der Waals surface area (Å²) in [6, 6.07) is 15.6. The van der Waals surface area contributed by atoms with Crippen molar-refractivity contribution >= 4 is 56.0 Å². The molecule has 0 saturated carbocycles. The van der Waals surface area contributed by atoms with Crippen LogP contribution in [0.1, 0.15) is 16.7 Å². The number of nitrogens with zero attached hydrogens (tertiary/aromatic N) is 3. The maximum absolute atomic E-state index is 13.2. The van der Waals surface area contributed by atoms with Gasteiger partial charge in [-0.05, 0) is 73.0 Å². The van der Waals surface area contributed by atoms with E-state index in [1.165, 1.54) is 22.9 Å². The molecule has 4 aromatic rings. The van der Waals surface area contributed by atoms with Crippen molar-refractivity contribution in [3.05, 3.63) is 82.6 Å². The summed E-state index contributed by atoms with van der Waals surface area (Å²) >= 11 is 9.00. The molecule has 0 aliphatic rings. The van der Waals surface area contributed by atoms with Crippen molar-refractivity contribution in [1.82, 2.24) is 9.97 Å². The van der Waals surface area contributed by atoms with Crippen LogP contribution < -0.4 is 4.90 Å². The maximum Gasteiger partial charge on any atom is 0.239 e. The number of fused-ring (bicyclic) bond motifs is 1. The van der Waals surface area contributed by atoms with Gasteiger partial charge in [0.2, 0.25) is 5.91 Å². The Labute approximate surface area is 188 Å². The lowest BCUT2D eigenvalue weighted by molar-refractivity contribution is -0.116. The summed E-state index contributed by atoms with van der Waals surface area (Å²) in [6.45, 7) is 4.61. The fourth-order valence-corrected chi connectivity index (χ4v) is 4.94. The number of rotatable bonds is 6. The van der Waals surface area contributed by atoms with E-state index in [0.29, 0.717) is 22.5 Å². The third kappa shape index (κ3) is 4.83. The van der Waals surface area contributed by atoms with Crippen LogP contribution in [0.4, 0.5) is 5.13 Å². The first kappa shape index (κ1) is 20.8. The van der Waals surface area contributed by atoms with Crippen LogP contribution in [0.2, 0.25) is 5.02 Å². The minimum atomic E-state index is 0.00584. The number of hydrogen-bond donors (Lipinski definition) is 0. The lowest BCUT2D eigenvalue weighted by Gasteiger charge is -2.19. The van der Waals surface area contributed by atoms with Gasteiger partial charge in [0, 0.05) is 22.3 Å². The third-order valence-corrected chi connectivity index (χ3v) is 7.05. The Morgan fingerprint density at radius 3 is 2.63 bits per heavy atom. The SMILES string of the molecule is Cc1cc2nc(N(Cc3cccnc3)C(=O)CSc3ccc(Cl)cc3)sc2cc1C. The van der Waals surface area contributed by atoms with Gasteiger partial charge >= 0.3 is 0 Å². The number of amides is 1. The monoisotopic (exact) mass is 453 g/mol. The number of carbonyl (C=O) groups excluding carboxylic acids is 1. The Hall–Kier alpha value is -2.41. The first-order valence-corrected chi connectivity index (χ1v) is 11.6. The van der Waals surface area contributed by atoms with E-state index in [1.54, 1.807) is 28.6 Å². The van der Waals surface area contributed by atoms with Crippen molar-refractivity contribution in [3.63, 3.8) is 0 Å². The molecule has 2 heterocycles. The molecule has 0 bridgehead atoms. The fraction of sp³-hybridized carbons (Fsp3) is 0.174. The molecular weight excluding hydrogens is 434 g/mol. The number of benzene rings is 2. The predicted octanol–water partition coefficient (Wildman–Crippen LogP) is 6.29. The van der Waals surface area contributed by atoms with E-state index < -0.39 is 0 Å². The molecule has 0 atom stereocenters. The van der Waals surface area contributed by atoms with Gasteiger partial charge in [-0.2, -0.15) is 0 Å². The van der Waals surface area contributed by atoms with Crippen LogP contribution in [-0.2, 0) is 11.3 Å². The Morgan fingerprint density at radius 2 is 1.90 bits per heavy atom. The van der Waals surface area contributed by atoms with Gasteiger partial charge in [-0.3, -0.25) is 14.7 Å². The van der Waals surface area contributed by atoms with Gasteiger partial charge in [0.25, 0.3) is 0 Å². The Kier molecular flexibility index (Phi) is 6.37. The average Bonchev–Trinajstić information content (AvgIpc) is 3.14. The Morgan fingerprint density at radius 1 is 1.13 bits per heavy atom. The van der Waals surface area contributed by atoms with E-state index in [0.717, 1.165) is 20.7 Å². The number of carbonyl (C=O) groups is 1. The van der Waals surface area contributed by atoms with E-state index in [-0.39, 0.29) is 5.91 Å². The van der Waals surface area contributed by atoms with Gasteiger partial charge in [0.15, 0.2) is 5.13 Å². The van der Waals surface area contributed by atoms with Crippen molar-refractivity contribution in [1.29, 1.82) is 0 Å². The number of thiazole rings is 1. The highest BCUT2D eigenvalue weighted by Crippen LogP contribution is 2.32. The molecule has 0 aliphatic carbocycles. The molecule has 1 amide bonds.